The van der Waals surface area contributed by atoms with Crippen LogP contribution in [-0.2, 0) is 0 Å². The number of thioether (sulfide) groups is 1. The molecule has 0 amide bonds. The second kappa shape index (κ2) is 6.75. The van der Waals surface area contributed by atoms with Gasteiger partial charge >= 0.3 is 0 Å². The molecule has 13 heavy (non-hydrogen) atoms. The first-order valence-electron chi connectivity index (χ1n) is 5.60. The average molecular weight is 202 g/mol. The molecule has 0 spiro atoms. The predicted molar refractivity (Wildman–Crippen MR) is 65.4 cm³/mol. The summed E-state index contributed by atoms with van der Waals surface area (Å²) in [6, 6.07) is 0. The van der Waals surface area contributed by atoms with Gasteiger partial charge in [-0.3, -0.25) is 0 Å². The van der Waals surface area contributed by atoms with E-state index < -0.39 is 0 Å². The Morgan fingerprint density at radius 3 is 1.77 bits per heavy atom. The monoisotopic (exact) mass is 202 g/mol. The molecule has 0 aliphatic heterocycles. The third kappa shape index (κ3) is 5.61. The molecule has 0 N–H and O–H groups in total. The van der Waals surface area contributed by atoms with Crippen molar-refractivity contribution in [1.29, 1.82) is 0 Å². The van der Waals surface area contributed by atoms with Crippen molar-refractivity contribution in [2.45, 2.75) is 53.2 Å². The molecule has 0 radical (unpaired) electrons. The lowest BCUT2D eigenvalue weighted by Gasteiger charge is -2.22. The SMILES string of the molecule is CCC(SCC(C)C(C)C)C(C)C. The Labute approximate surface area is 88.9 Å². The summed E-state index contributed by atoms with van der Waals surface area (Å²) in [5, 5.41) is 0.862. The quantitative estimate of drug-likeness (QED) is 0.613. The van der Waals surface area contributed by atoms with Crippen molar-refractivity contribution in [2.24, 2.45) is 17.8 Å². The molecule has 2 atom stereocenters. The molecule has 0 nitrogen and oxygen atoms in total. The van der Waals surface area contributed by atoms with E-state index in [4.69, 9.17) is 0 Å². The molecule has 0 aliphatic rings. The number of hydrogen-bond donors (Lipinski definition) is 0. The first kappa shape index (κ1) is 13.4. The minimum absolute atomic E-state index is 0.828. The van der Waals surface area contributed by atoms with E-state index in [1.54, 1.807) is 0 Å². The van der Waals surface area contributed by atoms with Crippen molar-refractivity contribution >= 4 is 11.8 Å². The average Bonchev–Trinajstić information content (AvgIpc) is 2.04. The Bertz CT molecular complexity index is 118. The van der Waals surface area contributed by atoms with Crippen LogP contribution in [0.15, 0.2) is 0 Å². The lowest BCUT2D eigenvalue weighted by atomic mass is 10.0. The summed E-state index contributed by atoms with van der Waals surface area (Å²) in [4.78, 5) is 0. The summed E-state index contributed by atoms with van der Waals surface area (Å²) < 4.78 is 0. The van der Waals surface area contributed by atoms with Crippen molar-refractivity contribution in [1.82, 2.24) is 0 Å². The van der Waals surface area contributed by atoms with Gasteiger partial charge in [-0.2, -0.15) is 11.8 Å². The summed E-state index contributed by atoms with van der Waals surface area (Å²) in [5.41, 5.74) is 0. The van der Waals surface area contributed by atoms with Gasteiger partial charge < -0.3 is 0 Å². The van der Waals surface area contributed by atoms with Crippen LogP contribution in [-0.4, -0.2) is 11.0 Å². The minimum Gasteiger partial charge on any atom is -0.158 e. The second-order valence-electron chi connectivity index (χ2n) is 4.75. The molecule has 0 saturated heterocycles. The van der Waals surface area contributed by atoms with Crippen LogP contribution in [0, 0.1) is 17.8 Å². The standard InChI is InChI=1S/C12H26S/c1-7-12(10(4)5)13-8-11(6)9(2)3/h9-12H,7-8H2,1-6H3. The summed E-state index contributed by atoms with van der Waals surface area (Å²) in [6.45, 7) is 14.0. The molecule has 0 aromatic carbocycles. The lowest BCUT2D eigenvalue weighted by molar-refractivity contribution is 0.462. The largest absolute Gasteiger partial charge is 0.158 e. The van der Waals surface area contributed by atoms with E-state index >= 15 is 0 Å². The van der Waals surface area contributed by atoms with Gasteiger partial charge in [-0.25, -0.2) is 0 Å². The van der Waals surface area contributed by atoms with Gasteiger partial charge in [0.25, 0.3) is 0 Å². The molecule has 1 heteroatoms. The van der Waals surface area contributed by atoms with Gasteiger partial charge in [0.2, 0.25) is 0 Å². The summed E-state index contributed by atoms with van der Waals surface area (Å²) in [5.74, 6) is 3.85. The molecule has 0 aromatic rings. The highest BCUT2D eigenvalue weighted by Gasteiger charge is 2.14. The molecule has 0 bridgehead atoms. The Balaban J connectivity index is 3.72. The van der Waals surface area contributed by atoms with Crippen molar-refractivity contribution in [3.63, 3.8) is 0 Å². The topological polar surface area (TPSA) is 0 Å². The Morgan fingerprint density at radius 1 is 0.923 bits per heavy atom. The van der Waals surface area contributed by atoms with Crippen molar-refractivity contribution < 1.29 is 0 Å². The molecular weight excluding hydrogens is 176 g/mol. The van der Waals surface area contributed by atoms with E-state index in [0.29, 0.717) is 0 Å². The normalized spacial score (nSPS) is 16.6. The van der Waals surface area contributed by atoms with Crippen LogP contribution in [0.2, 0.25) is 0 Å². The lowest BCUT2D eigenvalue weighted by Crippen LogP contribution is -2.14. The third-order valence-electron chi connectivity index (χ3n) is 2.86. The molecule has 2 unspecified atom stereocenters. The second-order valence-corrected chi connectivity index (χ2v) is 6.02. The van der Waals surface area contributed by atoms with Gasteiger partial charge in [-0.1, -0.05) is 41.5 Å². The van der Waals surface area contributed by atoms with E-state index in [-0.39, 0.29) is 0 Å². The molecular formula is C12H26S. The molecule has 0 rings (SSSR count). The Hall–Kier alpha value is 0.350. The molecule has 80 valence electrons. The summed E-state index contributed by atoms with van der Waals surface area (Å²) in [6.07, 6.45) is 1.31. The van der Waals surface area contributed by atoms with E-state index in [0.717, 1.165) is 23.0 Å². The van der Waals surface area contributed by atoms with Gasteiger partial charge in [-0.05, 0) is 29.9 Å². The van der Waals surface area contributed by atoms with E-state index in [2.05, 4.69) is 53.3 Å². The molecule has 0 fully saturated rings. The fraction of sp³-hybridized carbons (Fsp3) is 1.00. The van der Waals surface area contributed by atoms with Gasteiger partial charge in [-0.15, -0.1) is 0 Å². The highest BCUT2D eigenvalue weighted by Crippen LogP contribution is 2.26. The van der Waals surface area contributed by atoms with E-state index in [9.17, 15) is 0 Å². The van der Waals surface area contributed by atoms with Crippen LogP contribution in [0.4, 0.5) is 0 Å². The van der Waals surface area contributed by atoms with Crippen LogP contribution in [0.25, 0.3) is 0 Å². The maximum Gasteiger partial charge on any atom is 0.00675 e. The highest BCUT2D eigenvalue weighted by molar-refractivity contribution is 7.99. The summed E-state index contributed by atoms with van der Waals surface area (Å²) >= 11 is 2.17. The minimum atomic E-state index is 0.828. The van der Waals surface area contributed by atoms with Crippen LogP contribution in [0.5, 0.6) is 0 Å². The van der Waals surface area contributed by atoms with Gasteiger partial charge in [0.15, 0.2) is 0 Å². The molecule has 0 saturated carbocycles. The van der Waals surface area contributed by atoms with Crippen LogP contribution in [0.1, 0.15) is 48.0 Å². The summed E-state index contributed by atoms with van der Waals surface area (Å²) in [7, 11) is 0. The Morgan fingerprint density at radius 2 is 1.46 bits per heavy atom. The van der Waals surface area contributed by atoms with Crippen LogP contribution in [0.3, 0.4) is 0 Å². The zero-order chi connectivity index (χ0) is 10.4. The predicted octanol–water partition coefficient (Wildman–Crippen LogP) is 4.45. The molecule has 0 aliphatic carbocycles. The van der Waals surface area contributed by atoms with E-state index in [1.165, 1.54) is 12.2 Å². The maximum absolute atomic E-state index is 2.37. The maximum atomic E-state index is 2.37. The smallest absolute Gasteiger partial charge is 0.00675 e. The number of hydrogen-bond acceptors (Lipinski definition) is 1. The van der Waals surface area contributed by atoms with Crippen LogP contribution >= 0.6 is 11.8 Å². The molecule has 0 heterocycles. The zero-order valence-electron chi connectivity index (χ0n) is 10.1. The first-order valence-corrected chi connectivity index (χ1v) is 6.65. The first-order chi connectivity index (χ1) is 5.99. The van der Waals surface area contributed by atoms with Gasteiger partial charge in [0, 0.05) is 5.25 Å². The fourth-order valence-electron chi connectivity index (χ4n) is 1.25. The highest BCUT2D eigenvalue weighted by atomic mass is 32.2. The van der Waals surface area contributed by atoms with Gasteiger partial charge in [0.1, 0.15) is 0 Å². The van der Waals surface area contributed by atoms with Crippen molar-refractivity contribution in [3.8, 4) is 0 Å². The van der Waals surface area contributed by atoms with Crippen molar-refractivity contribution in [3.05, 3.63) is 0 Å². The fourth-order valence-corrected chi connectivity index (χ4v) is 2.81. The van der Waals surface area contributed by atoms with Crippen LogP contribution < -0.4 is 0 Å². The zero-order valence-corrected chi connectivity index (χ0v) is 10.9. The Kier molecular flexibility index (Phi) is 6.93. The van der Waals surface area contributed by atoms with E-state index in [1.807, 2.05) is 0 Å². The van der Waals surface area contributed by atoms with Gasteiger partial charge in [0.05, 0.1) is 0 Å². The van der Waals surface area contributed by atoms with Crippen molar-refractivity contribution in [2.75, 3.05) is 5.75 Å². The molecule has 0 aromatic heterocycles. The number of rotatable bonds is 6. The third-order valence-corrected chi connectivity index (χ3v) is 4.88.